The van der Waals surface area contributed by atoms with Gasteiger partial charge in [0.05, 0.1) is 6.04 Å². The quantitative estimate of drug-likeness (QED) is 0.864. The van der Waals surface area contributed by atoms with Gasteiger partial charge in [-0.15, -0.1) is 0 Å². The summed E-state index contributed by atoms with van der Waals surface area (Å²) in [6.45, 7) is 0. The molecule has 1 heterocycles. The number of rotatable bonds is 1. The molecule has 1 aliphatic rings. The monoisotopic (exact) mass is 300 g/mol. The first-order chi connectivity index (χ1) is 8.00. The molecule has 5 heteroatoms. The van der Waals surface area contributed by atoms with Crippen LogP contribution in [0.25, 0.3) is 0 Å². The van der Waals surface area contributed by atoms with Crippen LogP contribution >= 0.6 is 15.9 Å². The lowest BCUT2D eigenvalue weighted by Crippen LogP contribution is -2.46. The van der Waals surface area contributed by atoms with E-state index in [1.165, 1.54) is 12.1 Å². The highest BCUT2D eigenvalue weighted by molar-refractivity contribution is 9.10. The first-order valence-corrected chi connectivity index (χ1v) is 6.26. The summed E-state index contributed by atoms with van der Waals surface area (Å²) in [5.74, 6) is -0.230. The smallest absolute Gasteiger partial charge is 0.222 e. The van der Waals surface area contributed by atoms with E-state index in [0.717, 1.165) is 5.56 Å². The van der Waals surface area contributed by atoms with Crippen molar-refractivity contribution in [2.24, 2.45) is 5.73 Å². The van der Waals surface area contributed by atoms with Crippen LogP contribution in [0.4, 0.5) is 4.39 Å². The number of carbonyl (C=O) groups excluding carboxylic acids is 1. The van der Waals surface area contributed by atoms with Crippen LogP contribution in [-0.2, 0) is 4.79 Å². The van der Waals surface area contributed by atoms with E-state index in [-0.39, 0.29) is 23.8 Å². The Labute approximate surface area is 108 Å². The van der Waals surface area contributed by atoms with Crippen molar-refractivity contribution in [3.8, 4) is 0 Å². The minimum Gasteiger partial charge on any atom is -0.337 e. The molecule has 3 nitrogen and oxygen atoms in total. The second kappa shape index (κ2) is 4.74. The molecule has 0 bridgehead atoms. The summed E-state index contributed by atoms with van der Waals surface area (Å²) < 4.78 is 13.7. The number of benzene rings is 1. The number of hydrogen-bond donors (Lipinski definition) is 1. The molecule has 1 aromatic rings. The summed E-state index contributed by atoms with van der Waals surface area (Å²) in [4.78, 5) is 13.3. The number of nitrogens with two attached hydrogens (primary N) is 1. The Bertz CT molecular complexity index is 452. The van der Waals surface area contributed by atoms with Crippen LogP contribution < -0.4 is 5.73 Å². The molecule has 0 radical (unpaired) electrons. The fraction of sp³-hybridized carbons (Fsp3) is 0.417. The third kappa shape index (κ3) is 2.35. The number of piperidine rings is 1. The number of likely N-dealkylation sites (N-methyl/N-ethyl adjacent to an activating group) is 1. The molecule has 1 aliphatic heterocycles. The SMILES string of the molecule is CN1C(=O)CCC(N)C1c1ccc(F)cc1Br. The normalized spacial score (nSPS) is 25.2. The molecule has 2 rings (SSSR count). The topological polar surface area (TPSA) is 46.3 Å². The molecular weight excluding hydrogens is 287 g/mol. The Morgan fingerprint density at radius 1 is 1.53 bits per heavy atom. The number of carbonyl (C=O) groups is 1. The van der Waals surface area contributed by atoms with E-state index in [1.807, 2.05) is 0 Å². The number of halogens is 2. The maximum atomic E-state index is 13.0. The molecule has 2 N–H and O–H groups in total. The number of likely N-dealkylation sites (tertiary alicyclic amines) is 1. The van der Waals surface area contributed by atoms with Crippen molar-refractivity contribution in [2.75, 3.05) is 7.05 Å². The average Bonchev–Trinajstić information content (AvgIpc) is 2.27. The van der Waals surface area contributed by atoms with Gasteiger partial charge in [0, 0.05) is 24.0 Å². The molecule has 17 heavy (non-hydrogen) atoms. The fourth-order valence-corrected chi connectivity index (χ4v) is 2.83. The van der Waals surface area contributed by atoms with E-state index in [2.05, 4.69) is 15.9 Å². The van der Waals surface area contributed by atoms with E-state index >= 15 is 0 Å². The van der Waals surface area contributed by atoms with Gasteiger partial charge in [-0.1, -0.05) is 22.0 Å². The molecule has 92 valence electrons. The maximum absolute atomic E-state index is 13.0. The summed E-state index contributed by atoms with van der Waals surface area (Å²) >= 11 is 3.32. The molecule has 2 atom stereocenters. The Morgan fingerprint density at radius 2 is 2.24 bits per heavy atom. The van der Waals surface area contributed by atoms with Crippen LogP contribution in [0, 0.1) is 5.82 Å². The highest BCUT2D eigenvalue weighted by Crippen LogP contribution is 2.34. The summed E-state index contributed by atoms with van der Waals surface area (Å²) in [6, 6.07) is 4.17. The minimum absolute atomic E-state index is 0.0768. The second-order valence-electron chi connectivity index (χ2n) is 4.32. The zero-order valence-corrected chi connectivity index (χ0v) is 11.1. The highest BCUT2D eigenvalue weighted by atomic mass is 79.9. The lowest BCUT2D eigenvalue weighted by Gasteiger charge is -2.37. The highest BCUT2D eigenvalue weighted by Gasteiger charge is 2.33. The molecule has 0 saturated carbocycles. The van der Waals surface area contributed by atoms with Crippen molar-refractivity contribution in [2.45, 2.75) is 24.9 Å². The first-order valence-electron chi connectivity index (χ1n) is 5.47. The number of nitrogens with zero attached hydrogens (tertiary/aromatic N) is 1. The van der Waals surface area contributed by atoms with Gasteiger partial charge in [-0.2, -0.15) is 0 Å². The van der Waals surface area contributed by atoms with Crippen LogP contribution in [0.1, 0.15) is 24.4 Å². The first kappa shape index (κ1) is 12.5. The van der Waals surface area contributed by atoms with Crippen molar-refractivity contribution in [1.29, 1.82) is 0 Å². The van der Waals surface area contributed by atoms with Crippen molar-refractivity contribution >= 4 is 21.8 Å². The van der Waals surface area contributed by atoms with Crippen molar-refractivity contribution in [1.82, 2.24) is 4.90 Å². The van der Waals surface area contributed by atoms with Gasteiger partial charge in [0.2, 0.25) is 5.91 Å². The van der Waals surface area contributed by atoms with E-state index in [0.29, 0.717) is 17.3 Å². The summed E-state index contributed by atoms with van der Waals surface area (Å²) in [7, 11) is 1.74. The van der Waals surface area contributed by atoms with Gasteiger partial charge >= 0.3 is 0 Å². The third-order valence-electron chi connectivity index (χ3n) is 3.19. The lowest BCUT2D eigenvalue weighted by atomic mass is 9.91. The Hall–Kier alpha value is -0.940. The largest absolute Gasteiger partial charge is 0.337 e. The van der Waals surface area contributed by atoms with Crippen molar-refractivity contribution in [3.05, 3.63) is 34.1 Å². The van der Waals surface area contributed by atoms with Gasteiger partial charge < -0.3 is 10.6 Å². The molecular formula is C12H14BrFN2O. The van der Waals surface area contributed by atoms with Crippen LogP contribution in [0.5, 0.6) is 0 Å². The minimum atomic E-state index is -0.306. The fourth-order valence-electron chi connectivity index (χ4n) is 2.25. The number of hydrogen-bond acceptors (Lipinski definition) is 2. The van der Waals surface area contributed by atoms with Crippen LogP contribution in [0.15, 0.2) is 22.7 Å². The van der Waals surface area contributed by atoms with Crippen LogP contribution in [0.2, 0.25) is 0 Å². The lowest BCUT2D eigenvalue weighted by molar-refractivity contribution is -0.135. The number of amides is 1. The zero-order chi connectivity index (χ0) is 12.6. The van der Waals surface area contributed by atoms with Gasteiger partial charge in [0.25, 0.3) is 0 Å². The predicted molar refractivity (Wildman–Crippen MR) is 66.8 cm³/mol. The summed E-state index contributed by atoms with van der Waals surface area (Å²) in [5, 5.41) is 0. The summed E-state index contributed by atoms with van der Waals surface area (Å²) in [6.07, 6.45) is 1.14. The van der Waals surface area contributed by atoms with E-state index in [4.69, 9.17) is 5.73 Å². The summed E-state index contributed by atoms with van der Waals surface area (Å²) in [5.41, 5.74) is 6.92. The average molecular weight is 301 g/mol. The second-order valence-corrected chi connectivity index (χ2v) is 5.17. The molecule has 1 aromatic carbocycles. The Balaban J connectivity index is 2.39. The van der Waals surface area contributed by atoms with Crippen molar-refractivity contribution in [3.63, 3.8) is 0 Å². The zero-order valence-electron chi connectivity index (χ0n) is 9.49. The van der Waals surface area contributed by atoms with E-state index in [1.54, 1.807) is 18.0 Å². The molecule has 0 aromatic heterocycles. The van der Waals surface area contributed by atoms with Crippen LogP contribution in [0.3, 0.4) is 0 Å². The van der Waals surface area contributed by atoms with Gasteiger partial charge in [-0.3, -0.25) is 4.79 Å². The molecule has 0 spiro atoms. The molecule has 0 aliphatic carbocycles. The van der Waals surface area contributed by atoms with Crippen molar-refractivity contribution < 1.29 is 9.18 Å². The molecule has 2 unspecified atom stereocenters. The molecule has 1 saturated heterocycles. The molecule has 1 fully saturated rings. The Morgan fingerprint density at radius 3 is 2.88 bits per heavy atom. The predicted octanol–water partition coefficient (Wildman–Crippen LogP) is 2.21. The maximum Gasteiger partial charge on any atom is 0.222 e. The van der Waals surface area contributed by atoms with Crippen LogP contribution in [-0.4, -0.2) is 23.9 Å². The van der Waals surface area contributed by atoms with E-state index in [9.17, 15) is 9.18 Å². The Kier molecular flexibility index (Phi) is 3.49. The van der Waals surface area contributed by atoms with Gasteiger partial charge in [-0.25, -0.2) is 4.39 Å². The molecule has 1 amide bonds. The standard InChI is InChI=1S/C12H14BrFN2O/c1-16-11(17)5-4-10(15)12(16)8-3-2-7(14)6-9(8)13/h2-3,6,10,12H,4-5,15H2,1H3. The van der Waals surface area contributed by atoms with Gasteiger partial charge in [0.1, 0.15) is 5.82 Å². The van der Waals surface area contributed by atoms with E-state index < -0.39 is 0 Å². The third-order valence-corrected chi connectivity index (χ3v) is 3.88. The van der Waals surface area contributed by atoms with Gasteiger partial charge in [0.15, 0.2) is 0 Å². The van der Waals surface area contributed by atoms with Gasteiger partial charge in [-0.05, 0) is 24.1 Å².